The van der Waals surface area contributed by atoms with Gasteiger partial charge < -0.3 is 14.6 Å². The van der Waals surface area contributed by atoms with Crippen LogP contribution in [-0.2, 0) is 19.1 Å². The van der Waals surface area contributed by atoms with Crippen LogP contribution in [0.15, 0.2) is 12.2 Å². The van der Waals surface area contributed by atoms with Gasteiger partial charge in [0, 0.05) is 12.8 Å². The molecule has 1 atom stereocenters. The van der Waals surface area contributed by atoms with E-state index in [1.165, 1.54) is 96.3 Å². The molecule has 0 aliphatic carbocycles. The van der Waals surface area contributed by atoms with Crippen molar-refractivity contribution in [1.29, 1.82) is 0 Å². The van der Waals surface area contributed by atoms with Crippen LogP contribution in [0.1, 0.15) is 168 Å². The van der Waals surface area contributed by atoms with Crippen molar-refractivity contribution >= 4 is 11.9 Å². The van der Waals surface area contributed by atoms with Gasteiger partial charge in [-0.2, -0.15) is 0 Å². The molecule has 1 N–H and O–H groups in total. The molecule has 0 fully saturated rings. The third-order valence-electron chi connectivity index (χ3n) is 7.06. The summed E-state index contributed by atoms with van der Waals surface area (Å²) in [7, 11) is 0. The average Bonchev–Trinajstić information content (AvgIpc) is 2.92. The first-order valence-electron chi connectivity index (χ1n) is 16.2. The summed E-state index contributed by atoms with van der Waals surface area (Å²) in [6.45, 7) is 4.09. The summed E-state index contributed by atoms with van der Waals surface area (Å²) in [6.07, 6.45) is 31.1. The van der Waals surface area contributed by atoms with Crippen LogP contribution in [0.25, 0.3) is 0 Å². The summed E-state index contributed by atoms with van der Waals surface area (Å²) in [6, 6.07) is 0. The lowest BCUT2D eigenvalue weighted by Gasteiger charge is -2.15. The third kappa shape index (κ3) is 27.7. The van der Waals surface area contributed by atoms with Crippen molar-refractivity contribution in [2.75, 3.05) is 13.2 Å². The van der Waals surface area contributed by atoms with Crippen LogP contribution >= 0.6 is 0 Å². The highest BCUT2D eigenvalue weighted by molar-refractivity contribution is 5.70. The molecule has 0 saturated carbocycles. The second-order valence-corrected chi connectivity index (χ2v) is 10.9. The summed E-state index contributed by atoms with van der Waals surface area (Å²) in [4.78, 5) is 24.0. The SMILES string of the molecule is CCCCC/C=C/CCCCCCCC(=O)OC[C@H](CO)OC(=O)CCCCCCCCCCCCCC. The highest BCUT2D eigenvalue weighted by atomic mass is 16.6. The van der Waals surface area contributed by atoms with E-state index in [1.807, 2.05) is 0 Å². The smallest absolute Gasteiger partial charge is 0.306 e. The highest BCUT2D eigenvalue weighted by Gasteiger charge is 2.16. The fourth-order valence-corrected chi connectivity index (χ4v) is 4.55. The monoisotopic (exact) mass is 538 g/mol. The van der Waals surface area contributed by atoms with Gasteiger partial charge in [-0.3, -0.25) is 9.59 Å². The van der Waals surface area contributed by atoms with Crippen molar-refractivity contribution in [3.63, 3.8) is 0 Å². The van der Waals surface area contributed by atoms with Crippen molar-refractivity contribution < 1.29 is 24.2 Å². The van der Waals surface area contributed by atoms with Crippen molar-refractivity contribution in [2.24, 2.45) is 0 Å². The maximum atomic E-state index is 12.1. The molecular weight excluding hydrogens is 476 g/mol. The molecule has 0 rings (SSSR count). The van der Waals surface area contributed by atoms with E-state index in [2.05, 4.69) is 26.0 Å². The lowest BCUT2D eigenvalue weighted by molar-refractivity contribution is -0.161. The minimum atomic E-state index is -0.765. The zero-order valence-electron chi connectivity index (χ0n) is 25.2. The lowest BCUT2D eigenvalue weighted by atomic mass is 10.0. The topological polar surface area (TPSA) is 72.8 Å². The first-order valence-corrected chi connectivity index (χ1v) is 16.2. The van der Waals surface area contributed by atoms with Gasteiger partial charge in [-0.25, -0.2) is 0 Å². The quantitative estimate of drug-likeness (QED) is 0.0583. The Bertz CT molecular complexity index is 546. The molecule has 0 heterocycles. The van der Waals surface area contributed by atoms with Gasteiger partial charge in [0.2, 0.25) is 0 Å². The Kier molecular flexibility index (Phi) is 29.1. The van der Waals surface area contributed by atoms with Crippen LogP contribution in [0.5, 0.6) is 0 Å². The Hall–Kier alpha value is -1.36. The van der Waals surface area contributed by atoms with Crippen molar-refractivity contribution in [1.82, 2.24) is 0 Å². The van der Waals surface area contributed by atoms with E-state index >= 15 is 0 Å². The number of unbranched alkanes of at least 4 members (excludes halogenated alkanes) is 19. The minimum Gasteiger partial charge on any atom is -0.462 e. The molecule has 5 heteroatoms. The molecule has 0 aliphatic heterocycles. The largest absolute Gasteiger partial charge is 0.462 e. The molecule has 0 unspecified atom stereocenters. The molecule has 5 nitrogen and oxygen atoms in total. The lowest BCUT2D eigenvalue weighted by Crippen LogP contribution is -2.28. The molecule has 0 aromatic carbocycles. The summed E-state index contributed by atoms with van der Waals surface area (Å²) in [5, 5.41) is 9.48. The van der Waals surface area contributed by atoms with Gasteiger partial charge in [0.05, 0.1) is 6.61 Å². The predicted molar refractivity (Wildman–Crippen MR) is 159 cm³/mol. The highest BCUT2D eigenvalue weighted by Crippen LogP contribution is 2.13. The maximum absolute atomic E-state index is 12.1. The first-order chi connectivity index (χ1) is 18.6. The second-order valence-electron chi connectivity index (χ2n) is 10.9. The number of rotatable bonds is 29. The third-order valence-corrected chi connectivity index (χ3v) is 7.06. The number of allylic oxidation sites excluding steroid dienone is 2. The molecule has 0 bridgehead atoms. The van der Waals surface area contributed by atoms with Crippen molar-refractivity contribution in [3.05, 3.63) is 12.2 Å². The van der Waals surface area contributed by atoms with E-state index in [1.54, 1.807) is 0 Å². The van der Waals surface area contributed by atoms with Crippen LogP contribution < -0.4 is 0 Å². The number of carbonyl (C=O) groups excluding carboxylic acids is 2. The van der Waals surface area contributed by atoms with E-state index in [0.29, 0.717) is 12.8 Å². The van der Waals surface area contributed by atoms with Crippen LogP contribution in [0.4, 0.5) is 0 Å². The Morgan fingerprint density at radius 2 is 0.974 bits per heavy atom. The molecule has 0 radical (unpaired) electrons. The number of hydrogen-bond donors (Lipinski definition) is 1. The maximum Gasteiger partial charge on any atom is 0.306 e. The molecule has 0 aromatic heterocycles. The number of esters is 2. The number of carbonyl (C=O) groups is 2. The van der Waals surface area contributed by atoms with Gasteiger partial charge >= 0.3 is 11.9 Å². The summed E-state index contributed by atoms with van der Waals surface area (Å²) in [5.41, 5.74) is 0. The van der Waals surface area contributed by atoms with E-state index in [4.69, 9.17) is 9.47 Å². The fourth-order valence-electron chi connectivity index (χ4n) is 4.55. The molecule has 38 heavy (non-hydrogen) atoms. The number of aliphatic hydroxyl groups is 1. The van der Waals surface area contributed by atoms with Crippen molar-refractivity contribution in [3.8, 4) is 0 Å². The number of ether oxygens (including phenoxy) is 2. The Morgan fingerprint density at radius 1 is 0.579 bits per heavy atom. The second kappa shape index (κ2) is 30.2. The van der Waals surface area contributed by atoms with Gasteiger partial charge in [0.25, 0.3) is 0 Å². The first kappa shape index (κ1) is 36.6. The van der Waals surface area contributed by atoms with Gasteiger partial charge in [-0.05, 0) is 38.5 Å². The van der Waals surface area contributed by atoms with Gasteiger partial charge in [-0.15, -0.1) is 0 Å². The minimum absolute atomic E-state index is 0.0654. The van der Waals surface area contributed by atoms with Gasteiger partial charge in [0.1, 0.15) is 6.61 Å². The van der Waals surface area contributed by atoms with Gasteiger partial charge in [-0.1, -0.05) is 129 Å². The molecule has 0 saturated heterocycles. The Labute approximate surface area is 235 Å². The summed E-state index contributed by atoms with van der Waals surface area (Å²) in [5.74, 6) is -0.599. The van der Waals surface area contributed by atoms with Crippen LogP contribution in [0, 0.1) is 0 Å². The molecular formula is C33H62O5. The van der Waals surface area contributed by atoms with Crippen molar-refractivity contribution in [2.45, 2.75) is 174 Å². The van der Waals surface area contributed by atoms with Crippen LogP contribution in [0.3, 0.4) is 0 Å². The number of hydrogen-bond acceptors (Lipinski definition) is 5. The Balaban J connectivity index is 3.58. The zero-order chi connectivity index (χ0) is 27.9. The van der Waals surface area contributed by atoms with E-state index in [9.17, 15) is 14.7 Å². The van der Waals surface area contributed by atoms with Crippen LogP contribution in [0.2, 0.25) is 0 Å². The summed E-state index contributed by atoms with van der Waals surface area (Å²) >= 11 is 0. The van der Waals surface area contributed by atoms with Gasteiger partial charge in [0.15, 0.2) is 6.10 Å². The van der Waals surface area contributed by atoms with E-state index < -0.39 is 6.10 Å². The standard InChI is InChI=1S/C33H62O5/c1-3-5-7-9-11-13-15-17-19-21-23-25-27-32(35)37-30-31(29-34)38-33(36)28-26-24-22-20-18-16-14-12-10-8-6-4-2/h11,13,31,34H,3-10,12,14-30H2,1-2H3/b13-11+/t31-/m0/s1. The molecule has 0 aliphatic rings. The molecule has 224 valence electrons. The average molecular weight is 539 g/mol. The van der Waals surface area contributed by atoms with Crippen LogP contribution in [-0.4, -0.2) is 36.4 Å². The Morgan fingerprint density at radius 3 is 1.47 bits per heavy atom. The van der Waals surface area contributed by atoms with E-state index in [0.717, 1.165) is 44.9 Å². The molecule has 0 aromatic rings. The predicted octanol–water partition coefficient (Wildman–Crippen LogP) is 9.39. The van der Waals surface area contributed by atoms with E-state index in [-0.39, 0.29) is 25.2 Å². The number of aliphatic hydroxyl groups excluding tert-OH is 1. The zero-order valence-corrected chi connectivity index (χ0v) is 25.2. The summed E-state index contributed by atoms with van der Waals surface area (Å²) < 4.78 is 10.5. The normalized spacial score (nSPS) is 12.2. The molecule has 0 spiro atoms. The fraction of sp³-hybridized carbons (Fsp3) is 0.879. The molecule has 0 amide bonds.